The van der Waals surface area contributed by atoms with E-state index < -0.39 is 25.5 Å². The molecule has 0 aliphatic carbocycles. The van der Waals surface area contributed by atoms with Crippen molar-refractivity contribution in [3.8, 4) is 0 Å². The molecule has 7 nitrogen and oxygen atoms in total. The molecule has 0 amide bonds. The molecule has 9 heteroatoms. The number of hydrogen-bond acceptors (Lipinski definition) is 5. The summed E-state index contributed by atoms with van der Waals surface area (Å²) in [5, 5.41) is 0. The zero-order valence-corrected chi connectivity index (χ0v) is 16.0. The molecule has 0 N–H and O–H groups in total. The second-order valence-electron chi connectivity index (χ2n) is 7.07. The number of anilines is 1. The van der Waals surface area contributed by atoms with Crippen LogP contribution < -0.4 is 4.90 Å². The normalized spacial score (nSPS) is 29.2. The molecule has 1 spiro atoms. The van der Waals surface area contributed by atoms with Crippen molar-refractivity contribution >= 4 is 25.7 Å². The topological polar surface area (TPSA) is 78.0 Å². The van der Waals surface area contributed by atoms with Crippen molar-refractivity contribution in [2.45, 2.75) is 18.0 Å². The molecule has 136 valence electrons. The van der Waals surface area contributed by atoms with Gasteiger partial charge in [0.2, 0.25) is 20.0 Å². The van der Waals surface area contributed by atoms with Crippen LogP contribution in [0.2, 0.25) is 0 Å². The van der Waals surface area contributed by atoms with Crippen LogP contribution in [-0.4, -0.2) is 64.3 Å². The lowest BCUT2D eigenvalue weighted by molar-refractivity contribution is 0.255. The Morgan fingerprint density at radius 3 is 2.40 bits per heavy atom. The minimum absolute atomic E-state index is 0.226. The zero-order valence-electron chi connectivity index (χ0n) is 14.4. The molecule has 0 bridgehead atoms. The summed E-state index contributed by atoms with van der Waals surface area (Å²) in [6.45, 7) is 0.607. The predicted octanol–water partition coefficient (Wildman–Crippen LogP) is 0.525. The smallest absolute Gasteiger partial charge is 0.233 e. The number of piperidine rings is 1. The zero-order chi connectivity index (χ0) is 18.2. The van der Waals surface area contributed by atoms with Crippen molar-refractivity contribution in [2.24, 2.45) is 0 Å². The van der Waals surface area contributed by atoms with Crippen LogP contribution >= 0.6 is 0 Å². The first-order chi connectivity index (χ1) is 11.6. The minimum atomic E-state index is -3.48. The number of para-hydroxylation sites is 1. The van der Waals surface area contributed by atoms with Crippen LogP contribution in [0.15, 0.2) is 36.0 Å². The van der Waals surface area contributed by atoms with Crippen LogP contribution in [0.5, 0.6) is 0 Å². The molecular formula is C16H21N3O4S2. The van der Waals surface area contributed by atoms with Crippen molar-refractivity contribution in [2.75, 3.05) is 37.5 Å². The fourth-order valence-electron chi connectivity index (χ4n) is 4.56. The lowest BCUT2D eigenvalue weighted by Gasteiger charge is -2.42. The Kier molecular flexibility index (Phi) is 3.36. The van der Waals surface area contributed by atoms with Crippen LogP contribution in [0.25, 0.3) is 0 Å². The first kappa shape index (κ1) is 16.9. The molecule has 0 unspecified atom stereocenters. The Morgan fingerprint density at radius 1 is 1.08 bits per heavy atom. The van der Waals surface area contributed by atoms with E-state index in [2.05, 4.69) is 0 Å². The number of fused-ring (bicyclic) bond motifs is 1. The summed E-state index contributed by atoms with van der Waals surface area (Å²) in [4.78, 5) is 2.00. The van der Waals surface area contributed by atoms with Gasteiger partial charge in [0.15, 0.2) is 0 Å². The van der Waals surface area contributed by atoms with E-state index in [9.17, 15) is 16.8 Å². The molecule has 1 aromatic rings. The summed E-state index contributed by atoms with van der Waals surface area (Å²) < 4.78 is 51.7. The van der Waals surface area contributed by atoms with E-state index in [0.29, 0.717) is 13.0 Å². The summed E-state index contributed by atoms with van der Waals surface area (Å²) in [5.74, 6) is 0. The fraction of sp³-hybridized carbons (Fsp3) is 0.500. The summed E-state index contributed by atoms with van der Waals surface area (Å²) in [6, 6.07) is 7.91. The second kappa shape index (κ2) is 4.99. The summed E-state index contributed by atoms with van der Waals surface area (Å²) in [5.41, 5.74) is 2.43. The Bertz CT molecular complexity index is 986. The number of benzene rings is 1. The fourth-order valence-corrected chi connectivity index (χ4v) is 6.36. The number of hydrogen-bond donors (Lipinski definition) is 0. The van der Waals surface area contributed by atoms with Crippen molar-refractivity contribution < 1.29 is 16.8 Å². The third kappa shape index (κ3) is 2.18. The number of sulfonamides is 2. The Balaban J connectivity index is 1.92. The maximum absolute atomic E-state index is 12.4. The van der Waals surface area contributed by atoms with Gasteiger partial charge in [0.25, 0.3) is 0 Å². The number of rotatable bonds is 2. The van der Waals surface area contributed by atoms with E-state index in [-0.39, 0.29) is 12.7 Å². The highest BCUT2D eigenvalue weighted by Crippen LogP contribution is 2.57. The highest BCUT2D eigenvalue weighted by atomic mass is 32.2. The van der Waals surface area contributed by atoms with Crippen LogP contribution in [0.4, 0.5) is 5.69 Å². The van der Waals surface area contributed by atoms with E-state index >= 15 is 0 Å². The predicted molar refractivity (Wildman–Crippen MR) is 96.1 cm³/mol. The number of nitrogens with zero attached hydrogens (tertiary/aromatic N) is 3. The third-order valence-electron chi connectivity index (χ3n) is 5.62. The SMILES string of the molecule is CN1c2ccccc2[C@]23CCN(S(C)(=O)=O)CC2=CN(S(C)(=O)=O)[C@@H]13. The molecule has 0 aromatic heterocycles. The first-order valence-electron chi connectivity index (χ1n) is 8.04. The van der Waals surface area contributed by atoms with Gasteiger partial charge < -0.3 is 4.90 Å². The molecule has 0 saturated carbocycles. The molecule has 1 aromatic carbocycles. The second-order valence-corrected chi connectivity index (χ2v) is 10.9. The molecule has 1 saturated heterocycles. The highest BCUT2D eigenvalue weighted by Gasteiger charge is 2.61. The van der Waals surface area contributed by atoms with Crippen LogP contribution in [0.1, 0.15) is 12.0 Å². The summed E-state index contributed by atoms with van der Waals surface area (Å²) in [6.07, 6.45) is 4.21. The van der Waals surface area contributed by atoms with Crippen molar-refractivity contribution in [3.63, 3.8) is 0 Å². The van der Waals surface area contributed by atoms with Crippen LogP contribution in [0, 0.1) is 0 Å². The Labute approximate surface area is 148 Å². The maximum atomic E-state index is 12.4. The van der Waals surface area contributed by atoms with E-state index in [0.717, 1.165) is 16.8 Å². The summed E-state index contributed by atoms with van der Waals surface area (Å²) in [7, 11) is -4.91. The van der Waals surface area contributed by atoms with E-state index in [1.54, 1.807) is 6.20 Å². The maximum Gasteiger partial charge on any atom is 0.233 e. The quantitative estimate of drug-likeness (QED) is 0.744. The van der Waals surface area contributed by atoms with Gasteiger partial charge in [0, 0.05) is 32.0 Å². The molecule has 3 heterocycles. The molecule has 4 rings (SSSR count). The van der Waals surface area contributed by atoms with Gasteiger partial charge in [-0.2, -0.15) is 4.31 Å². The van der Waals surface area contributed by atoms with Crippen molar-refractivity contribution in [1.29, 1.82) is 0 Å². The van der Waals surface area contributed by atoms with Gasteiger partial charge in [-0.1, -0.05) is 18.2 Å². The van der Waals surface area contributed by atoms with Crippen molar-refractivity contribution in [3.05, 3.63) is 41.6 Å². The van der Waals surface area contributed by atoms with E-state index in [4.69, 9.17) is 0 Å². The van der Waals surface area contributed by atoms with Gasteiger partial charge in [0.1, 0.15) is 6.17 Å². The molecule has 0 radical (unpaired) electrons. The van der Waals surface area contributed by atoms with Gasteiger partial charge in [-0.05, 0) is 23.6 Å². The Morgan fingerprint density at radius 2 is 1.76 bits per heavy atom. The molecule has 25 heavy (non-hydrogen) atoms. The molecule has 3 aliphatic rings. The van der Waals surface area contributed by atoms with Gasteiger partial charge in [-0.15, -0.1) is 0 Å². The molecule has 2 atom stereocenters. The lowest BCUT2D eigenvalue weighted by Crippen LogP contribution is -2.55. The molecular weight excluding hydrogens is 362 g/mol. The van der Waals surface area contributed by atoms with Gasteiger partial charge in [-0.25, -0.2) is 16.8 Å². The molecule has 3 aliphatic heterocycles. The van der Waals surface area contributed by atoms with Crippen LogP contribution in [-0.2, 0) is 25.5 Å². The monoisotopic (exact) mass is 383 g/mol. The Hall–Kier alpha value is -1.58. The number of likely N-dealkylation sites (N-methyl/N-ethyl adjacent to an activating group) is 1. The summed E-state index contributed by atoms with van der Waals surface area (Å²) >= 11 is 0. The third-order valence-corrected chi connectivity index (χ3v) is 7.94. The van der Waals surface area contributed by atoms with Gasteiger partial charge >= 0.3 is 0 Å². The largest absolute Gasteiger partial charge is 0.352 e. The highest BCUT2D eigenvalue weighted by molar-refractivity contribution is 7.88. The standard InChI is InChI=1S/C16H21N3O4S2/c1-17-14-7-5-4-6-13(14)16-8-9-18(24(2,20)21)10-12(16)11-19(15(16)17)25(3,22)23/h4-7,11,15H,8-10H2,1-3H3/t15-,16+/m1/s1. The average molecular weight is 383 g/mol. The minimum Gasteiger partial charge on any atom is -0.352 e. The van der Waals surface area contributed by atoms with Gasteiger partial charge in [0.05, 0.1) is 17.9 Å². The van der Waals surface area contributed by atoms with Crippen molar-refractivity contribution in [1.82, 2.24) is 8.61 Å². The van der Waals surface area contributed by atoms with Gasteiger partial charge in [-0.3, -0.25) is 4.31 Å². The first-order valence-corrected chi connectivity index (χ1v) is 11.7. The van der Waals surface area contributed by atoms with E-state index in [1.165, 1.54) is 21.1 Å². The van der Waals surface area contributed by atoms with Crippen LogP contribution in [0.3, 0.4) is 0 Å². The average Bonchev–Trinajstić information content (AvgIpc) is 2.98. The molecule has 1 fully saturated rings. The van der Waals surface area contributed by atoms with E-state index in [1.807, 2.05) is 36.2 Å². The lowest BCUT2D eigenvalue weighted by atomic mass is 9.71.